The summed E-state index contributed by atoms with van der Waals surface area (Å²) >= 11 is 0. The van der Waals surface area contributed by atoms with Crippen molar-refractivity contribution >= 4 is 17.8 Å². The highest BCUT2D eigenvalue weighted by molar-refractivity contribution is 5.95. The summed E-state index contributed by atoms with van der Waals surface area (Å²) in [7, 11) is 1.48. The zero-order valence-electron chi connectivity index (χ0n) is 15.3. The fourth-order valence-corrected chi connectivity index (χ4v) is 2.99. The Morgan fingerprint density at radius 1 is 1.00 bits per heavy atom. The van der Waals surface area contributed by atoms with Gasteiger partial charge in [0.1, 0.15) is 12.4 Å². The van der Waals surface area contributed by atoms with E-state index in [1.807, 2.05) is 0 Å². The molecule has 0 saturated carbocycles. The Kier molecular flexibility index (Phi) is 6.57. The van der Waals surface area contributed by atoms with Crippen molar-refractivity contribution in [2.45, 2.75) is 13.8 Å². The number of aliphatic carboxylic acids is 1. The number of hydrogen-bond acceptors (Lipinski definition) is 5. The first-order valence-electron chi connectivity index (χ1n) is 8.35. The Hall–Kier alpha value is -2.61. The van der Waals surface area contributed by atoms with E-state index < -0.39 is 12.6 Å². The normalized spacial score (nSPS) is 14.3. The Morgan fingerprint density at radius 3 is 2.04 bits per heavy atom. The second kappa shape index (κ2) is 8.66. The summed E-state index contributed by atoms with van der Waals surface area (Å²) < 4.78 is 10.1. The maximum absolute atomic E-state index is 12.7. The van der Waals surface area contributed by atoms with E-state index in [1.165, 1.54) is 7.11 Å². The van der Waals surface area contributed by atoms with Crippen molar-refractivity contribution in [3.05, 3.63) is 28.8 Å². The molecular weight excluding hydrogens is 340 g/mol. The van der Waals surface area contributed by atoms with Crippen LogP contribution in [-0.4, -0.2) is 79.2 Å². The lowest BCUT2D eigenvalue weighted by Gasteiger charge is -2.34. The third-order valence-electron chi connectivity index (χ3n) is 4.23. The molecule has 142 valence electrons. The Balaban J connectivity index is 2.04. The third-order valence-corrected chi connectivity index (χ3v) is 4.23. The summed E-state index contributed by atoms with van der Waals surface area (Å²) in [6, 6.07) is 3.41. The molecule has 0 atom stereocenters. The van der Waals surface area contributed by atoms with Crippen molar-refractivity contribution in [2.24, 2.45) is 0 Å². The van der Waals surface area contributed by atoms with Crippen molar-refractivity contribution in [1.29, 1.82) is 0 Å². The summed E-state index contributed by atoms with van der Waals surface area (Å²) in [5, 5.41) is 8.74. The van der Waals surface area contributed by atoms with E-state index in [9.17, 15) is 14.4 Å². The number of hydrogen-bond donors (Lipinski definition) is 1. The molecule has 0 unspecified atom stereocenters. The molecule has 2 amide bonds. The molecule has 1 saturated heterocycles. The smallest absolute Gasteiger partial charge is 0.341 e. The van der Waals surface area contributed by atoms with Crippen molar-refractivity contribution in [2.75, 3.05) is 46.5 Å². The van der Waals surface area contributed by atoms with Crippen LogP contribution in [0.1, 0.15) is 21.5 Å². The second-order valence-corrected chi connectivity index (χ2v) is 6.23. The molecule has 8 nitrogen and oxygen atoms in total. The van der Waals surface area contributed by atoms with Gasteiger partial charge in [0.05, 0.1) is 0 Å². The molecule has 8 heteroatoms. The number of piperazine rings is 1. The quantitative estimate of drug-likeness (QED) is 0.798. The van der Waals surface area contributed by atoms with Gasteiger partial charge in [0.2, 0.25) is 5.91 Å². The van der Waals surface area contributed by atoms with Crippen molar-refractivity contribution in [3.63, 3.8) is 0 Å². The van der Waals surface area contributed by atoms with Gasteiger partial charge in [-0.2, -0.15) is 0 Å². The first kappa shape index (κ1) is 19.7. The van der Waals surface area contributed by atoms with Crippen LogP contribution >= 0.6 is 0 Å². The number of carboxylic acids is 1. The first-order chi connectivity index (χ1) is 12.3. The van der Waals surface area contributed by atoms with E-state index in [1.54, 1.807) is 35.8 Å². The average Bonchev–Trinajstić information content (AvgIpc) is 2.60. The molecule has 1 heterocycles. The number of carbonyl (C=O) groups is 3. The maximum Gasteiger partial charge on any atom is 0.341 e. The molecule has 2 rings (SSSR count). The predicted octanol–water partition coefficient (Wildman–Crippen LogP) is 0.698. The van der Waals surface area contributed by atoms with Crippen LogP contribution in [0, 0.1) is 13.8 Å². The number of amides is 2. The monoisotopic (exact) mass is 364 g/mol. The van der Waals surface area contributed by atoms with Gasteiger partial charge in [-0.05, 0) is 37.1 Å². The van der Waals surface area contributed by atoms with Gasteiger partial charge < -0.3 is 24.4 Å². The van der Waals surface area contributed by atoms with Gasteiger partial charge in [0.15, 0.2) is 6.61 Å². The van der Waals surface area contributed by atoms with Crippen LogP contribution in [-0.2, 0) is 14.3 Å². The predicted molar refractivity (Wildman–Crippen MR) is 93.4 cm³/mol. The largest absolute Gasteiger partial charge is 0.481 e. The van der Waals surface area contributed by atoms with Crippen LogP contribution in [0.4, 0.5) is 0 Å². The Bertz CT molecular complexity index is 672. The van der Waals surface area contributed by atoms with Crippen LogP contribution in [0.5, 0.6) is 5.75 Å². The zero-order valence-corrected chi connectivity index (χ0v) is 15.3. The maximum atomic E-state index is 12.7. The number of rotatable bonds is 6. The Morgan fingerprint density at radius 2 is 1.54 bits per heavy atom. The van der Waals surface area contributed by atoms with E-state index in [2.05, 4.69) is 0 Å². The number of carbonyl (C=O) groups excluding carboxylic acids is 2. The molecule has 1 aromatic rings. The van der Waals surface area contributed by atoms with Crippen LogP contribution in [0.3, 0.4) is 0 Å². The molecule has 0 aromatic heterocycles. The molecule has 0 bridgehead atoms. The van der Waals surface area contributed by atoms with Gasteiger partial charge >= 0.3 is 5.97 Å². The molecule has 1 aliphatic rings. The number of nitrogens with zero attached hydrogens (tertiary/aromatic N) is 2. The fraction of sp³-hybridized carbons (Fsp3) is 0.500. The highest BCUT2D eigenvalue weighted by atomic mass is 16.5. The number of carboxylic acid groups (broad SMARTS) is 1. The molecule has 1 N–H and O–H groups in total. The molecule has 0 spiro atoms. The molecule has 1 fully saturated rings. The average molecular weight is 364 g/mol. The summed E-state index contributed by atoms with van der Waals surface area (Å²) in [5.41, 5.74) is 1.95. The molecule has 1 aromatic carbocycles. The summed E-state index contributed by atoms with van der Waals surface area (Å²) in [5.74, 6) is -0.755. The number of aryl methyl sites for hydroxylation is 2. The molecule has 1 aliphatic heterocycles. The van der Waals surface area contributed by atoms with Gasteiger partial charge in [-0.25, -0.2) is 4.79 Å². The van der Waals surface area contributed by atoms with Gasteiger partial charge in [-0.15, -0.1) is 0 Å². The summed E-state index contributed by atoms with van der Waals surface area (Å²) in [4.78, 5) is 38.6. The lowest BCUT2D eigenvalue weighted by atomic mass is 10.0. The lowest BCUT2D eigenvalue weighted by Crippen LogP contribution is -2.51. The van der Waals surface area contributed by atoms with Crippen LogP contribution < -0.4 is 4.74 Å². The van der Waals surface area contributed by atoms with Crippen LogP contribution in [0.15, 0.2) is 12.1 Å². The minimum atomic E-state index is -1.05. The molecular formula is C18H24N2O6. The Labute approximate surface area is 152 Å². The molecule has 0 radical (unpaired) electrons. The van der Waals surface area contributed by atoms with Crippen molar-refractivity contribution in [3.8, 4) is 5.75 Å². The van der Waals surface area contributed by atoms with E-state index in [0.29, 0.717) is 48.6 Å². The molecule has 0 aliphatic carbocycles. The van der Waals surface area contributed by atoms with E-state index >= 15 is 0 Å². The third kappa shape index (κ3) is 4.72. The SMILES string of the molecule is COCC(=O)N1CCN(C(=O)c2cc(C)c(OCC(=O)O)c(C)c2)CC1. The second-order valence-electron chi connectivity index (χ2n) is 6.23. The number of ether oxygens (including phenoxy) is 2. The van der Waals surface area contributed by atoms with Gasteiger partial charge in [-0.1, -0.05) is 0 Å². The van der Waals surface area contributed by atoms with Crippen LogP contribution in [0.25, 0.3) is 0 Å². The number of methoxy groups -OCH3 is 1. The minimum Gasteiger partial charge on any atom is -0.481 e. The minimum absolute atomic E-state index is 0.0458. The van der Waals surface area contributed by atoms with Crippen molar-refractivity contribution in [1.82, 2.24) is 9.80 Å². The van der Waals surface area contributed by atoms with Gasteiger partial charge in [-0.3, -0.25) is 9.59 Å². The highest BCUT2D eigenvalue weighted by Gasteiger charge is 2.25. The topological polar surface area (TPSA) is 96.4 Å². The highest BCUT2D eigenvalue weighted by Crippen LogP contribution is 2.25. The lowest BCUT2D eigenvalue weighted by molar-refractivity contribution is -0.139. The molecule has 26 heavy (non-hydrogen) atoms. The van der Waals surface area contributed by atoms with E-state index in [4.69, 9.17) is 14.6 Å². The first-order valence-corrected chi connectivity index (χ1v) is 8.35. The van der Waals surface area contributed by atoms with Crippen molar-refractivity contribution < 1.29 is 29.0 Å². The fourth-order valence-electron chi connectivity index (χ4n) is 2.99. The van der Waals surface area contributed by atoms with Crippen LogP contribution in [0.2, 0.25) is 0 Å². The number of benzene rings is 1. The zero-order chi connectivity index (χ0) is 19.3. The summed E-state index contributed by atoms with van der Waals surface area (Å²) in [6.45, 7) is 5.06. The van der Waals surface area contributed by atoms with Gasteiger partial charge in [0, 0.05) is 38.9 Å². The van der Waals surface area contributed by atoms with E-state index in [-0.39, 0.29) is 18.4 Å². The standard InChI is InChI=1S/C18H24N2O6/c1-12-8-14(9-13(2)17(12)26-11-16(22)23)18(24)20-6-4-19(5-7-20)15(21)10-25-3/h8-9H,4-7,10-11H2,1-3H3,(H,22,23). The summed E-state index contributed by atoms with van der Waals surface area (Å²) in [6.07, 6.45) is 0. The van der Waals surface area contributed by atoms with E-state index in [0.717, 1.165) is 0 Å². The van der Waals surface area contributed by atoms with Gasteiger partial charge in [0.25, 0.3) is 5.91 Å².